The summed E-state index contributed by atoms with van der Waals surface area (Å²) in [6, 6.07) is 21.1. The van der Waals surface area contributed by atoms with Crippen molar-refractivity contribution in [3.8, 4) is 0 Å². The van der Waals surface area contributed by atoms with E-state index >= 15 is 0 Å². The Morgan fingerprint density at radius 2 is 1.35 bits per heavy atom. The Bertz CT molecular complexity index is 642. The van der Waals surface area contributed by atoms with Gasteiger partial charge in [-0.25, -0.2) is 6.08 Å². The van der Waals surface area contributed by atoms with Gasteiger partial charge in [-0.05, 0) is 0 Å². The normalized spacial score (nSPS) is 11.5. The van der Waals surface area contributed by atoms with Crippen molar-refractivity contribution >= 4 is 5.57 Å². The van der Waals surface area contributed by atoms with Crippen LogP contribution in [-0.2, 0) is 0 Å². The van der Waals surface area contributed by atoms with Gasteiger partial charge in [0.25, 0.3) is 0 Å². The van der Waals surface area contributed by atoms with Gasteiger partial charge in [-0.15, -0.1) is 36.2 Å². The molecule has 0 amide bonds. The number of hydrogen-bond acceptors (Lipinski definition) is 0. The summed E-state index contributed by atoms with van der Waals surface area (Å²) >= 11 is 0. The fourth-order valence-electron chi connectivity index (χ4n) is 2.66. The van der Waals surface area contributed by atoms with E-state index in [9.17, 15) is 0 Å². The molecule has 0 aliphatic carbocycles. The third-order valence-electron chi connectivity index (χ3n) is 4.06. The van der Waals surface area contributed by atoms with Gasteiger partial charge in [-0.3, -0.25) is 11.1 Å². The molecular formula is C24H28Li2. The first-order valence-electron chi connectivity index (χ1n) is 9.19. The first-order chi connectivity index (χ1) is 11.8. The quantitative estimate of drug-likeness (QED) is 0.212. The topological polar surface area (TPSA) is 0 Å². The van der Waals surface area contributed by atoms with Gasteiger partial charge >= 0.3 is 37.7 Å². The van der Waals surface area contributed by atoms with Gasteiger partial charge in [0.15, 0.2) is 0 Å². The standard InChI is InChI=1S/C24H28.2Li/c1-3-5-9-17-22(16-6-4-2)24(23-18-12-8-13-19-23)20-21-14-10-7-11-15-21;;/h7-8,10-15,18-19H,3-6,9,16H2,1-2H3;;/q-2;2*+1. The van der Waals surface area contributed by atoms with Crippen LogP contribution in [0.1, 0.15) is 63.5 Å². The van der Waals surface area contributed by atoms with Gasteiger partial charge in [-0.1, -0.05) is 82.3 Å². The molecule has 126 valence electrons. The average Bonchev–Trinajstić information content (AvgIpc) is 2.64. The van der Waals surface area contributed by atoms with Crippen LogP contribution in [0.5, 0.6) is 0 Å². The molecule has 0 saturated carbocycles. The second-order valence-corrected chi connectivity index (χ2v) is 6.09. The maximum atomic E-state index is 3.69. The number of unbranched alkanes of at least 4 members (excludes halogenated alkanes) is 3. The number of hydrogen-bond donors (Lipinski definition) is 0. The van der Waals surface area contributed by atoms with Crippen LogP contribution in [0.3, 0.4) is 0 Å². The molecule has 0 fully saturated rings. The minimum absolute atomic E-state index is 0. The molecule has 0 N–H and O–H groups in total. The minimum atomic E-state index is 0. The number of allylic oxidation sites excluding steroid dienone is 3. The second kappa shape index (κ2) is 15.2. The van der Waals surface area contributed by atoms with Crippen LogP contribution in [0.2, 0.25) is 0 Å². The fourth-order valence-corrected chi connectivity index (χ4v) is 2.66. The van der Waals surface area contributed by atoms with E-state index in [4.69, 9.17) is 0 Å². The van der Waals surface area contributed by atoms with Crippen LogP contribution in [0.15, 0.2) is 66.2 Å². The molecule has 2 heteroatoms. The van der Waals surface area contributed by atoms with Crippen LogP contribution in [-0.4, -0.2) is 0 Å². The summed E-state index contributed by atoms with van der Waals surface area (Å²) in [4.78, 5) is 0. The Morgan fingerprint density at radius 3 is 1.92 bits per heavy atom. The van der Waals surface area contributed by atoms with E-state index in [1.54, 1.807) is 0 Å². The molecule has 0 unspecified atom stereocenters. The molecule has 0 saturated heterocycles. The molecule has 0 atom stereocenters. The van der Waals surface area contributed by atoms with Gasteiger partial charge < -0.3 is 6.08 Å². The van der Waals surface area contributed by atoms with Crippen molar-refractivity contribution in [1.29, 1.82) is 0 Å². The van der Waals surface area contributed by atoms with E-state index in [1.807, 2.05) is 0 Å². The fraction of sp³-hybridized carbons (Fsp3) is 0.333. The van der Waals surface area contributed by atoms with E-state index in [0.717, 1.165) is 18.4 Å². The predicted molar refractivity (Wildman–Crippen MR) is 104 cm³/mol. The van der Waals surface area contributed by atoms with Crippen molar-refractivity contribution in [2.45, 2.75) is 52.4 Å². The maximum Gasteiger partial charge on any atom is 1.00 e. The summed E-state index contributed by atoms with van der Waals surface area (Å²) in [7, 11) is 0. The van der Waals surface area contributed by atoms with Gasteiger partial charge in [0.2, 0.25) is 0 Å². The van der Waals surface area contributed by atoms with E-state index in [-0.39, 0.29) is 37.7 Å². The first kappa shape index (κ1) is 25.1. The maximum absolute atomic E-state index is 3.69. The molecule has 0 spiro atoms. The summed E-state index contributed by atoms with van der Waals surface area (Å²) in [5.74, 6) is 0. The van der Waals surface area contributed by atoms with Gasteiger partial charge in [0.05, 0.1) is 0 Å². The Morgan fingerprint density at radius 1 is 0.769 bits per heavy atom. The van der Waals surface area contributed by atoms with E-state index < -0.39 is 0 Å². The zero-order valence-corrected chi connectivity index (χ0v) is 17.0. The number of rotatable bonds is 9. The minimum Gasteiger partial charge on any atom is -0.313 e. The van der Waals surface area contributed by atoms with Crippen molar-refractivity contribution in [3.05, 3.63) is 89.5 Å². The zero-order chi connectivity index (χ0) is 17.0. The monoisotopic (exact) mass is 330 g/mol. The summed E-state index contributed by atoms with van der Waals surface area (Å²) < 4.78 is 0. The molecule has 0 aliphatic rings. The van der Waals surface area contributed by atoms with E-state index in [2.05, 4.69) is 86.7 Å². The molecule has 0 nitrogen and oxygen atoms in total. The molecule has 0 heterocycles. The zero-order valence-electron chi connectivity index (χ0n) is 17.0. The summed E-state index contributed by atoms with van der Waals surface area (Å²) in [5.41, 5.74) is 4.88. The largest absolute Gasteiger partial charge is 1.00 e. The SMILES string of the molecule is CCCC[C-]=C(CCCC)C(=[C-]c1ccccc1)c1ccccc1.[Li+].[Li+]. The Kier molecular flexibility index (Phi) is 14.7. The van der Waals surface area contributed by atoms with Crippen molar-refractivity contribution in [3.63, 3.8) is 0 Å². The third kappa shape index (κ3) is 8.67. The van der Waals surface area contributed by atoms with Crippen molar-refractivity contribution in [2.75, 3.05) is 0 Å². The van der Waals surface area contributed by atoms with Gasteiger partial charge in [0, 0.05) is 0 Å². The average molecular weight is 330 g/mol. The van der Waals surface area contributed by atoms with Crippen LogP contribution in [0, 0.1) is 12.2 Å². The summed E-state index contributed by atoms with van der Waals surface area (Å²) in [6.45, 7) is 4.48. The second-order valence-electron chi connectivity index (χ2n) is 6.09. The van der Waals surface area contributed by atoms with Crippen molar-refractivity contribution < 1.29 is 37.7 Å². The Hall–Kier alpha value is -0.885. The Balaban J connectivity index is 0.00000312. The van der Waals surface area contributed by atoms with Gasteiger partial charge in [0.1, 0.15) is 0 Å². The van der Waals surface area contributed by atoms with Gasteiger partial charge in [-0.2, -0.15) is 5.56 Å². The molecule has 0 radical (unpaired) electrons. The molecule has 2 rings (SSSR count). The van der Waals surface area contributed by atoms with E-state index in [0.29, 0.717) is 0 Å². The predicted octanol–water partition coefficient (Wildman–Crippen LogP) is 1.04. The van der Waals surface area contributed by atoms with Crippen molar-refractivity contribution in [2.24, 2.45) is 0 Å². The van der Waals surface area contributed by atoms with E-state index in [1.165, 1.54) is 42.4 Å². The number of benzene rings is 2. The molecule has 0 bridgehead atoms. The Labute approximate surface area is 184 Å². The van der Waals surface area contributed by atoms with Crippen molar-refractivity contribution in [1.82, 2.24) is 0 Å². The molecular weight excluding hydrogens is 302 g/mol. The third-order valence-corrected chi connectivity index (χ3v) is 4.06. The van der Waals surface area contributed by atoms with Crippen LogP contribution >= 0.6 is 0 Å². The summed E-state index contributed by atoms with van der Waals surface area (Å²) in [5, 5.41) is 0. The van der Waals surface area contributed by atoms with Crippen LogP contribution in [0.25, 0.3) is 5.57 Å². The smallest absolute Gasteiger partial charge is 0.313 e. The van der Waals surface area contributed by atoms with Crippen LogP contribution in [0.4, 0.5) is 0 Å². The molecule has 0 aliphatic heterocycles. The first-order valence-corrected chi connectivity index (χ1v) is 9.19. The molecule has 26 heavy (non-hydrogen) atoms. The van der Waals surface area contributed by atoms with Crippen LogP contribution < -0.4 is 37.7 Å². The molecule has 2 aromatic rings. The molecule has 2 aromatic carbocycles. The molecule has 0 aromatic heterocycles. The summed E-state index contributed by atoms with van der Waals surface area (Å²) in [6.07, 6.45) is 14.2.